The van der Waals surface area contributed by atoms with E-state index < -0.39 is 11.7 Å². The molecule has 1 N–H and O–H groups in total. The highest BCUT2D eigenvalue weighted by molar-refractivity contribution is 6.00. The molecular weight excluding hydrogens is 339 g/mol. The molecule has 2 aliphatic rings. The van der Waals surface area contributed by atoms with E-state index in [0.717, 1.165) is 12.8 Å². The van der Waals surface area contributed by atoms with Crippen molar-refractivity contribution in [2.24, 2.45) is 5.92 Å². The van der Waals surface area contributed by atoms with Gasteiger partial charge in [-0.2, -0.15) is 4.98 Å². The minimum atomic E-state index is -0.483. The predicted octanol–water partition coefficient (Wildman–Crippen LogP) is 2.15. The third kappa shape index (κ3) is 3.31. The third-order valence-electron chi connectivity index (χ3n) is 4.97. The summed E-state index contributed by atoms with van der Waals surface area (Å²) < 4.78 is 18.6. The van der Waals surface area contributed by atoms with Gasteiger partial charge < -0.3 is 14.7 Å². The molecule has 1 saturated heterocycles. The standard InChI is InChI=1S/C18H19FN4O3/c19-13-5-2-6-14(8-13)23-10-12(7-16(23)24)17(25)20-9-15-21-18(26-22-15)11-3-1-4-11/h2,5-6,8,11-12H,1,3-4,7,9-10H2,(H,20,25)/t12-/m0/s1. The van der Waals surface area contributed by atoms with Crippen LogP contribution in [0.4, 0.5) is 10.1 Å². The summed E-state index contributed by atoms with van der Waals surface area (Å²) in [5.41, 5.74) is 0.466. The van der Waals surface area contributed by atoms with Gasteiger partial charge in [-0.15, -0.1) is 0 Å². The van der Waals surface area contributed by atoms with Gasteiger partial charge in [-0.1, -0.05) is 17.6 Å². The molecule has 0 bridgehead atoms. The first-order valence-corrected chi connectivity index (χ1v) is 8.76. The number of anilines is 1. The molecule has 1 saturated carbocycles. The number of nitrogens with zero attached hydrogens (tertiary/aromatic N) is 3. The summed E-state index contributed by atoms with van der Waals surface area (Å²) in [4.78, 5) is 30.3. The summed E-state index contributed by atoms with van der Waals surface area (Å²) in [6.45, 7) is 0.396. The van der Waals surface area contributed by atoms with Gasteiger partial charge in [0.2, 0.25) is 17.7 Å². The molecule has 7 nitrogen and oxygen atoms in total. The van der Waals surface area contributed by atoms with Crippen molar-refractivity contribution in [3.8, 4) is 0 Å². The van der Waals surface area contributed by atoms with Crippen molar-refractivity contribution in [3.63, 3.8) is 0 Å². The van der Waals surface area contributed by atoms with Gasteiger partial charge in [0.1, 0.15) is 5.82 Å². The maximum absolute atomic E-state index is 13.4. The predicted molar refractivity (Wildman–Crippen MR) is 89.6 cm³/mol. The molecule has 2 heterocycles. The van der Waals surface area contributed by atoms with Crippen LogP contribution in [0.25, 0.3) is 0 Å². The Morgan fingerprint density at radius 2 is 2.23 bits per heavy atom. The number of aromatic nitrogens is 2. The lowest BCUT2D eigenvalue weighted by atomic mass is 9.85. The number of halogens is 1. The molecule has 0 radical (unpaired) electrons. The van der Waals surface area contributed by atoms with Gasteiger partial charge in [0.25, 0.3) is 0 Å². The van der Waals surface area contributed by atoms with Crippen LogP contribution in [-0.4, -0.2) is 28.5 Å². The summed E-state index contributed by atoms with van der Waals surface area (Å²) in [5.74, 6) is 0.0841. The second-order valence-electron chi connectivity index (χ2n) is 6.78. The van der Waals surface area contributed by atoms with Crippen LogP contribution in [0.3, 0.4) is 0 Å². The van der Waals surface area contributed by atoms with E-state index in [4.69, 9.17) is 4.52 Å². The average molecular weight is 358 g/mol. The number of carbonyl (C=O) groups excluding carboxylic acids is 2. The summed E-state index contributed by atoms with van der Waals surface area (Å²) in [6.07, 6.45) is 3.40. The Bertz CT molecular complexity index is 833. The lowest BCUT2D eigenvalue weighted by Crippen LogP contribution is -2.32. The molecule has 0 spiro atoms. The molecule has 1 atom stereocenters. The molecule has 1 aliphatic carbocycles. The summed E-state index contributed by atoms with van der Waals surface area (Å²) in [5, 5.41) is 6.64. The molecule has 2 fully saturated rings. The molecule has 8 heteroatoms. The summed E-state index contributed by atoms with van der Waals surface area (Å²) in [6, 6.07) is 5.81. The molecule has 4 rings (SSSR count). The second kappa shape index (κ2) is 6.86. The first-order valence-electron chi connectivity index (χ1n) is 8.76. The van der Waals surface area contributed by atoms with Crippen LogP contribution in [0.2, 0.25) is 0 Å². The normalized spacial score (nSPS) is 20.3. The molecule has 26 heavy (non-hydrogen) atoms. The Hall–Kier alpha value is -2.77. The first-order chi connectivity index (χ1) is 12.6. The van der Waals surface area contributed by atoms with Crippen LogP contribution in [0, 0.1) is 11.7 Å². The Kier molecular flexibility index (Phi) is 4.40. The third-order valence-corrected chi connectivity index (χ3v) is 4.97. The largest absolute Gasteiger partial charge is 0.348 e. The van der Waals surface area contributed by atoms with Gasteiger partial charge in [-0.25, -0.2) is 4.39 Å². The fraction of sp³-hybridized carbons (Fsp3) is 0.444. The Morgan fingerprint density at radius 1 is 1.38 bits per heavy atom. The van der Waals surface area contributed by atoms with E-state index in [2.05, 4.69) is 15.5 Å². The maximum Gasteiger partial charge on any atom is 0.229 e. The topological polar surface area (TPSA) is 88.3 Å². The molecule has 1 aliphatic heterocycles. The highest BCUT2D eigenvalue weighted by atomic mass is 19.1. The SMILES string of the molecule is O=C(NCc1noc(C2CCC2)n1)[C@H]1CC(=O)N(c2cccc(F)c2)C1. The lowest BCUT2D eigenvalue weighted by molar-refractivity contribution is -0.126. The Morgan fingerprint density at radius 3 is 2.96 bits per heavy atom. The van der Waals surface area contributed by atoms with Crippen molar-refractivity contribution < 1.29 is 18.5 Å². The molecule has 2 amide bonds. The van der Waals surface area contributed by atoms with Gasteiger partial charge in [-0.05, 0) is 31.0 Å². The fourth-order valence-electron chi connectivity index (χ4n) is 3.25. The van der Waals surface area contributed by atoms with Gasteiger partial charge in [0.15, 0.2) is 5.82 Å². The molecule has 2 aromatic rings. The summed E-state index contributed by atoms with van der Waals surface area (Å²) in [7, 11) is 0. The number of carbonyl (C=O) groups is 2. The number of nitrogens with one attached hydrogen (secondary N) is 1. The number of amides is 2. The fourth-order valence-corrected chi connectivity index (χ4v) is 3.25. The monoisotopic (exact) mass is 358 g/mol. The lowest BCUT2D eigenvalue weighted by Gasteiger charge is -2.20. The average Bonchev–Trinajstić information content (AvgIpc) is 3.18. The van der Waals surface area contributed by atoms with Crippen LogP contribution in [0.1, 0.15) is 43.3 Å². The first kappa shape index (κ1) is 16.7. The van der Waals surface area contributed by atoms with Crippen molar-refractivity contribution >= 4 is 17.5 Å². The van der Waals surface area contributed by atoms with E-state index in [1.807, 2.05) is 0 Å². The maximum atomic E-state index is 13.4. The van der Waals surface area contributed by atoms with E-state index in [0.29, 0.717) is 23.3 Å². The van der Waals surface area contributed by atoms with E-state index in [9.17, 15) is 14.0 Å². The number of rotatable bonds is 5. The van der Waals surface area contributed by atoms with E-state index in [1.165, 1.54) is 23.5 Å². The molecule has 136 valence electrons. The molecule has 1 aromatic heterocycles. The van der Waals surface area contributed by atoms with Crippen LogP contribution >= 0.6 is 0 Å². The summed E-state index contributed by atoms with van der Waals surface area (Å²) >= 11 is 0. The van der Waals surface area contributed by atoms with Crippen molar-refractivity contribution in [1.82, 2.24) is 15.5 Å². The van der Waals surface area contributed by atoms with Crippen molar-refractivity contribution in [3.05, 3.63) is 41.8 Å². The second-order valence-corrected chi connectivity index (χ2v) is 6.78. The Labute approximate surface area is 149 Å². The van der Waals surface area contributed by atoms with Gasteiger partial charge >= 0.3 is 0 Å². The minimum Gasteiger partial charge on any atom is -0.348 e. The molecular formula is C18H19FN4O3. The number of benzene rings is 1. The van der Waals surface area contributed by atoms with E-state index in [-0.39, 0.29) is 31.3 Å². The van der Waals surface area contributed by atoms with E-state index in [1.54, 1.807) is 12.1 Å². The zero-order valence-electron chi connectivity index (χ0n) is 14.2. The van der Waals surface area contributed by atoms with Crippen molar-refractivity contribution in [1.29, 1.82) is 0 Å². The van der Waals surface area contributed by atoms with Crippen LogP contribution in [0.5, 0.6) is 0 Å². The minimum absolute atomic E-state index is 0.0991. The number of hydrogen-bond acceptors (Lipinski definition) is 5. The zero-order chi connectivity index (χ0) is 18.1. The van der Waals surface area contributed by atoms with Crippen LogP contribution in [-0.2, 0) is 16.1 Å². The van der Waals surface area contributed by atoms with Crippen molar-refractivity contribution in [2.45, 2.75) is 38.1 Å². The Balaban J connectivity index is 1.33. The van der Waals surface area contributed by atoms with Crippen LogP contribution in [0.15, 0.2) is 28.8 Å². The zero-order valence-corrected chi connectivity index (χ0v) is 14.2. The van der Waals surface area contributed by atoms with Gasteiger partial charge in [0.05, 0.1) is 12.5 Å². The van der Waals surface area contributed by atoms with Crippen LogP contribution < -0.4 is 10.2 Å². The molecule has 0 unspecified atom stereocenters. The van der Waals surface area contributed by atoms with Crippen molar-refractivity contribution in [2.75, 3.05) is 11.4 Å². The highest BCUT2D eigenvalue weighted by Crippen LogP contribution is 2.35. The number of hydrogen-bond donors (Lipinski definition) is 1. The quantitative estimate of drug-likeness (QED) is 0.885. The highest BCUT2D eigenvalue weighted by Gasteiger charge is 2.35. The van der Waals surface area contributed by atoms with Gasteiger partial charge in [-0.3, -0.25) is 9.59 Å². The van der Waals surface area contributed by atoms with E-state index >= 15 is 0 Å². The smallest absolute Gasteiger partial charge is 0.229 e. The van der Waals surface area contributed by atoms with Gasteiger partial charge in [0, 0.05) is 24.6 Å². The molecule has 1 aromatic carbocycles.